The molecular formula is C15H27N5O. The largest absolute Gasteiger partial charge is 0.382 e. The number of amides is 1. The minimum atomic E-state index is -0.0626. The number of hydrogen-bond acceptors (Lipinski definition) is 4. The minimum Gasteiger partial charge on any atom is -0.382 e. The molecule has 0 aliphatic carbocycles. The molecule has 1 fully saturated rings. The van der Waals surface area contributed by atoms with E-state index in [9.17, 15) is 4.79 Å². The van der Waals surface area contributed by atoms with Crippen LogP contribution < -0.4 is 11.1 Å². The molecule has 6 nitrogen and oxygen atoms in total. The average Bonchev–Trinajstić information content (AvgIpc) is 2.90. The van der Waals surface area contributed by atoms with E-state index in [4.69, 9.17) is 5.73 Å². The molecule has 1 atom stereocenters. The number of carbonyl (C=O) groups is 1. The molecule has 0 spiro atoms. The van der Waals surface area contributed by atoms with E-state index in [0.717, 1.165) is 32.5 Å². The highest BCUT2D eigenvalue weighted by Crippen LogP contribution is 2.23. The van der Waals surface area contributed by atoms with Gasteiger partial charge >= 0.3 is 0 Å². The summed E-state index contributed by atoms with van der Waals surface area (Å²) in [5.74, 6) is 1.18. The van der Waals surface area contributed by atoms with Crippen molar-refractivity contribution in [2.75, 3.05) is 25.4 Å². The standard InChI is InChI=1S/C15H27N5O/c1-11(2)10-17-15(21)12(3)19-7-4-13(5-8-19)20-9-6-14(16)18-20/h6,9,11-13H,4-5,7-8,10H2,1-3H3,(H2,16,18)(H,17,21). The van der Waals surface area contributed by atoms with Gasteiger partial charge in [-0.1, -0.05) is 13.8 Å². The van der Waals surface area contributed by atoms with Crippen molar-refractivity contribution in [2.45, 2.75) is 45.7 Å². The number of aromatic nitrogens is 2. The summed E-state index contributed by atoms with van der Waals surface area (Å²) in [5, 5.41) is 7.30. The molecule has 118 valence electrons. The summed E-state index contributed by atoms with van der Waals surface area (Å²) >= 11 is 0. The summed E-state index contributed by atoms with van der Waals surface area (Å²) in [6.45, 7) is 8.77. The Labute approximate surface area is 126 Å². The van der Waals surface area contributed by atoms with Crippen LogP contribution in [0.2, 0.25) is 0 Å². The van der Waals surface area contributed by atoms with Crippen molar-refractivity contribution in [3.8, 4) is 0 Å². The van der Waals surface area contributed by atoms with Crippen LogP contribution in [0.3, 0.4) is 0 Å². The van der Waals surface area contributed by atoms with Crippen molar-refractivity contribution < 1.29 is 4.79 Å². The van der Waals surface area contributed by atoms with Crippen LogP contribution in [0.25, 0.3) is 0 Å². The summed E-state index contributed by atoms with van der Waals surface area (Å²) in [6.07, 6.45) is 3.94. The van der Waals surface area contributed by atoms with Gasteiger partial charge in [0.15, 0.2) is 0 Å². The summed E-state index contributed by atoms with van der Waals surface area (Å²) in [6, 6.07) is 2.16. The normalized spacial score (nSPS) is 18.9. The monoisotopic (exact) mass is 293 g/mol. The van der Waals surface area contributed by atoms with E-state index < -0.39 is 0 Å². The number of nitrogens with one attached hydrogen (secondary N) is 1. The second-order valence-electron chi connectivity index (χ2n) is 6.30. The highest BCUT2D eigenvalue weighted by molar-refractivity contribution is 5.81. The van der Waals surface area contributed by atoms with Crippen molar-refractivity contribution in [3.05, 3.63) is 12.3 Å². The Morgan fingerprint density at radius 3 is 2.62 bits per heavy atom. The lowest BCUT2D eigenvalue weighted by Crippen LogP contribution is -2.49. The fourth-order valence-corrected chi connectivity index (χ4v) is 2.71. The predicted molar refractivity (Wildman–Crippen MR) is 83.8 cm³/mol. The Bertz CT molecular complexity index is 462. The van der Waals surface area contributed by atoms with Crippen LogP contribution in [0.1, 0.15) is 39.7 Å². The number of carbonyl (C=O) groups excluding carboxylic acids is 1. The highest BCUT2D eigenvalue weighted by atomic mass is 16.2. The maximum absolute atomic E-state index is 12.1. The molecule has 1 amide bonds. The molecule has 1 aromatic heterocycles. The van der Waals surface area contributed by atoms with Crippen molar-refractivity contribution in [2.24, 2.45) is 5.92 Å². The van der Waals surface area contributed by atoms with E-state index in [0.29, 0.717) is 17.8 Å². The molecule has 0 radical (unpaired) electrons. The maximum atomic E-state index is 12.1. The van der Waals surface area contributed by atoms with Gasteiger partial charge in [-0.3, -0.25) is 14.4 Å². The number of anilines is 1. The fraction of sp³-hybridized carbons (Fsp3) is 0.733. The van der Waals surface area contributed by atoms with Crippen LogP contribution in [-0.4, -0.2) is 46.3 Å². The fourth-order valence-electron chi connectivity index (χ4n) is 2.71. The lowest BCUT2D eigenvalue weighted by molar-refractivity contribution is -0.126. The van der Waals surface area contributed by atoms with E-state index >= 15 is 0 Å². The van der Waals surface area contributed by atoms with Gasteiger partial charge in [0.2, 0.25) is 5.91 Å². The van der Waals surface area contributed by atoms with Gasteiger partial charge in [0.1, 0.15) is 5.82 Å². The van der Waals surface area contributed by atoms with E-state index in [1.165, 1.54) is 0 Å². The molecule has 21 heavy (non-hydrogen) atoms. The van der Waals surface area contributed by atoms with E-state index in [1.54, 1.807) is 0 Å². The first-order valence-corrected chi connectivity index (χ1v) is 7.79. The van der Waals surface area contributed by atoms with E-state index in [1.807, 2.05) is 23.9 Å². The van der Waals surface area contributed by atoms with Gasteiger partial charge in [-0.25, -0.2) is 0 Å². The van der Waals surface area contributed by atoms with Crippen LogP contribution in [-0.2, 0) is 4.79 Å². The number of nitrogens with two attached hydrogens (primary N) is 1. The molecule has 1 aliphatic heterocycles. The molecule has 1 aromatic rings. The topological polar surface area (TPSA) is 76.2 Å². The first-order valence-electron chi connectivity index (χ1n) is 7.79. The summed E-state index contributed by atoms with van der Waals surface area (Å²) < 4.78 is 1.95. The Morgan fingerprint density at radius 2 is 2.10 bits per heavy atom. The molecule has 0 aromatic carbocycles. The van der Waals surface area contributed by atoms with E-state index in [2.05, 4.69) is 29.2 Å². The number of rotatable bonds is 5. The third kappa shape index (κ3) is 4.20. The molecule has 2 heterocycles. The van der Waals surface area contributed by atoms with Crippen LogP contribution in [0.5, 0.6) is 0 Å². The highest BCUT2D eigenvalue weighted by Gasteiger charge is 2.27. The van der Waals surface area contributed by atoms with Crippen LogP contribution in [0.4, 0.5) is 5.82 Å². The predicted octanol–water partition coefficient (Wildman–Crippen LogP) is 1.26. The van der Waals surface area contributed by atoms with Crippen molar-refractivity contribution in [3.63, 3.8) is 0 Å². The van der Waals surface area contributed by atoms with E-state index in [-0.39, 0.29) is 11.9 Å². The van der Waals surface area contributed by atoms with Crippen LogP contribution in [0, 0.1) is 5.92 Å². The number of hydrogen-bond donors (Lipinski definition) is 2. The van der Waals surface area contributed by atoms with Crippen molar-refractivity contribution in [1.29, 1.82) is 0 Å². The summed E-state index contributed by atoms with van der Waals surface area (Å²) in [4.78, 5) is 14.4. The Hall–Kier alpha value is -1.56. The number of nitrogens with zero attached hydrogens (tertiary/aromatic N) is 3. The smallest absolute Gasteiger partial charge is 0.237 e. The first kappa shape index (κ1) is 15.8. The van der Waals surface area contributed by atoms with Gasteiger partial charge in [0.25, 0.3) is 0 Å². The molecule has 0 saturated carbocycles. The van der Waals surface area contributed by atoms with Crippen molar-refractivity contribution >= 4 is 11.7 Å². The molecule has 1 saturated heterocycles. The Morgan fingerprint density at radius 1 is 1.43 bits per heavy atom. The SMILES string of the molecule is CC(C)CNC(=O)C(C)N1CCC(n2ccc(N)n2)CC1. The third-order valence-electron chi connectivity index (χ3n) is 4.11. The summed E-state index contributed by atoms with van der Waals surface area (Å²) in [5.41, 5.74) is 5.66. The molecule has 1 aliphatic rings. The second-order valence-corrected chi connectivity index (χ2v) is 6.30. The third-order valence-corrected chi connectivity index (χ3v) is 4.11. The van der Waals surface area contributed by atoms with Crippen LogP contribution in [0.15, 0.2) is 12.3 Å². The second kappa shape index (κ2) is 6.93. The lowest BCUT2D eigenvalue weighted by atomic mass is 10.0. The van der Waals surface area contributed by atoms with Gasteiger partial charge in [0.05, 0.1) is 12.1 Å². The lowest BCUT2D eigenvalue weighted by Gasteiger charge is -2.35. The summed E-state index contributed by atoms with van der Waals surface area (Å²) in [7, 11) is 0. The zero-order valence-electron chi connectivity index (χ0n) is 13.2. The first-order chi connectivity index (χ1) is 9.97. The van der Waals surface area contributed by atoms with Crippen LogP contribution >= 0.6 is 0 Å². The number of nitrogen functional groups attached to an aromatic ring is 1. The minimum absolute atomic E-state index is 0.0626. The Kier molecular flexibility index (Phi) is 5.22. The van der Waals surface area contributed by atoms with Gasteiger partial charge in [-0.2, -0.15) is 5.10 Å². The molecule has 1 unspecified atom stereocenters. The zero-order valence-corrected chi connectivity index (χ0v) is 13.2. The number of likely N-dealkylation sites (tertiary alicyclic amines) is 1. The molecule has 3 N–H and O–H groups in total. The molecule has 6 heteroatoms. The quantitative estimate of drug-likeness (QED) is 0.857. The maximum Gasteiger partial charge on any atom is 0.237 e. The van der Waals surface area contributed by atoms with Gasteiger partial charge in [-0.15, -0.1) is 0 Å². The molecule has 2 rings (SSSR count). The van der Waals surface area contributed by atoms with Crippen molar-refractivity contribution in [1.82, 2.24) is 20.0 Å². The van der Waals surface area contributed by atoms with Gasteiger partial charge in [0, 0.05) is 25.8 Å². The molecule has 0 bridgehead atoms. The van der Waals surface area contributed by atoms with Gasteiger partial charge < -0.3 is 11.1 Å². The number of piperidine rings is 1. The van der Waals surface area contributed by atoms with Gasteiger partial charge in [-0.05, 0) is 31.7 Å². The zero-order chi connectivity index (χ0) is 15.4. The molecular weight excluding hydrogens is 266 g/mol. The Balaban J connectivity index is 1.81. The average molecular weight is 293 g/mol.